The molecule has 2 heteroatoms. The van der Waals surface area contributed by atoms with E-state index >= 15 is 0 Å². The first-order chi connectivity index (χ1) is 6.11. The minimum Gasteiger partial charge on any atom is -0.184 e. The van der Waals surface area contributed by atoms with Crippen molar-refractivity contribution in [1.82, 2.24) is 5.01 Å². The van der Waals surface area contributed by atoms with Gasteiger partial charge in [-0.15, -0.1) is 4.68 Å². The molecule has 3 atom stereocenters. The summed E-state index contributed by atoms with van der Waals surface area (Å²) >= 11 is 0. The Labute approximate surface area is 82.2 Å². The highest BCUT2D eigenvalue weighted by Gasteiger charge is 2.40. The number of hydrazone groups is 1. The van der Waals surface area contributed by atoms with E-state index < -0.39 is 0 Å². The summed E-state index contributed by atoms with van der Waals surface area (Å²) in [5, 5.41) is 2.39. The molecule has 0 aliphatic carbocycles. The Bertz CT molecular complexity index is 189. The van der Waals surface area contributed by atoms with Crippen LogP contribution in [0.4, 0.5) is 0 Å². The van der Waals surface area contributed by atoms with E-state index in [2.05, 4.69) is 32.5 Å². The Balaban J connectivity index is 2.71. The minimum atomic E-state index is 0.664. The fourth-order valence-electron chi connectivity index (χ4n) is 2.71. The molecule has 1 fully saturated rings. The molecule has 3 unspecified atom stereocenters. The van der Waals surface area contributed by atoms with Gasteiger partial charge in [-0.3, -0.25) is 0 Å². The first-order valence-electron chi connectivity index (χ1n) is 5.42. The third-order valence-electron chi connectivity index (χ3n) is 3.55. The highest BCUT2D eigenvalue weighted by Crippen LogP contribution is 2.33. The van der Waals surface area contributed by atoms with Gasteiger partial charge in [-0.25, -0.2) is 0 Å². The first-order valence-corrected chi connectivity index (χ1v) is 5.42. The maximum Gasteiger partial charge on any atom is 0.161 e. The van der Waals surface area contributed by atoms with E-state index in [-0.39, 0.29) is 0 Å². The van der Waals surface area contributed by atoms with Crippen molar-refractivity contribution >= 4 is 6.72 Å². The van der Waals surface area contributed by atoms with Crippen molar-refractivity contribution in [1.29, 1.82) is 0 Å². The zero-order chi connectivity index (χ0) is 10.0. The van der Waals surface area contributed by atoms with Gasteiger partial charge >= 0.3 is 0 Å². The average Bonchev–Trinajstić information content (AvgIpc) is 2.41. The molecule has 1 aliphatic rings. The van der Waals surface area contributed by atoms with Crippen LogP contribution in [0.1, 0.15) is 33.6 Å². The van der Waals surface area contributed by atoms with Gasteiger partial charge in [0.25, 0.3) is 0 Å². The molecule has 1 heterocycles. The fraction of sp³-hybridized carbons (Fsp3) is 0.909. The molecule has 2 nitrogen and oxygen atoms in total. The molecule has 0 N–H and O–H groups in total. The Kier molecular flexibility index (Phi) is 3.34. The van der Waals surface area contributed by atoms with Crippen LogP contribution in [-0.4, -0.2) is 36.0 Å². The zero-order valence-electron chi connectivity index (χ0n) is 9.45. The SMILES string of the molecule is C=[N+](C)N1CC(CC)C(CC)C1C. The van der Waals surface area contributed by atoms with Crippen LogP contribution in [0, 0.1) is 11.8 Å². The van der Waals surface area contributed by atoms with E-state index in [1.54, 1.807) is 0 Å². The fourth-order valence-corrected chi connectivity index (χ4v) is 2.71. The van der Waals surface area contributed by atoms with Gasteiger partial charge in [0.2, 0.25) is 0 Å². The number of nitrogens with zero attached hydrogens (tertiary/aromatic N) is 2. The molecule has 0 aromatic carbocycles. The van der Waals surface area contributed by atoms with Crippen LogP contribution in [0.3, 0.4) is 0 Å². The lowest BCUT2D eigenvalue weighted by Crippen LogP contribution is -2.36. The van der Waals surface area contributed by atoms with Gasteiger partial charge in [-0.1, -0.05) is 26.7 Å². The van der Waals surface area contributed by atoms with E-state index in [1.165, 1.54) is 19.4 Å². The highest BCUT2D eigenvalue weighted by molar-refractivity contribution is 5.14. The Morgan fingerprint density at radius 1 is 1.38 bits per heavy atom. The summed E-state index contributed by atoms with van der Waals surface area (Å²) in [7, 11) is 2.04. The number of hydrogen-bond acceptors (Lipinski definition) is 1. The maximum absolute atomic E-state index is 3.97. The molecule has 1 aliphatic heterocycles. The van der Waals surface area contributed by atoms with Crippen molar-refractivity contribution in [3.8, 4) is 0 Å². The van der Waals surface area contributed by atoms with Gasteiger partial charge in [0.05, 0.1) is 12.6 Å². The van der Waals surface area contributed by atoms with Gasteiger partial charge in [0.15, 0.2) is 13.8 Å². The topological polar surface area (TPSA) is 6.25 Å². The number of hydrazine groups is 1. The first kappa shape index (κ1) is 10.6. The molecule has 0 saturated carbocycles. The highest BCUT2D eigenvalue weighted by atomic mass is 15.6. The summed E-state index contributed by atoms with van der Waals surface area (Å²) in [6.45, 7) is 12.1. The predicted molar refractivity (Wildman–Crippen MR) is 57.0 cm³/mol. The number of rotatable bonds is 3. The minimum absolute atomic E-state index is 0.664. The average molecular weight is 183 g/mol. The molecule has 1 saturated heterocycles. The molecule has 1 rings (SSSR count). The molecule has 0 bridgehead atoms. The summed E-state index contributed by atoms with van der Waals surface area (Å²) in [4.78, 5) is 0. The summed E-state index contributed by atoms with van der Waals surface area (Å²) in [6.07, 6.45) is 2.59. The second-order valence-corrected chi connectivity index (χ2v) is 4.26. The lowest BCUT2D eigenvalue weighted by molar-refractivity contribution is -0.665. The lowest BCUT2D eigenvalue weighted by atomic mass is 9.87. The monoisotopic (exact) mass is 183 g/mol. The van der Waals surface area contributed by atoms with E-state index in [0.717, 1.165) is 11.8 Å². The molecule has 13 heavy (non-hydrogen) atoms. The van der Waals surface area contributed by atoms with Crippen LogP contribution < -0.4 is 0 Å². The Hall–Kier alpha value is -0.530. The molecule has 0 aromatic rings. The van der Waals surface area contributed by atoms with E-state index in [1.807, 2.05) is 11.7 Å². The molecular weight excluding hydrogens is 160 g/mol. The van der Waals surface area contributed by atoms with Crippen molar-refractivity contribution in [2.75, 3.05) is 13.6 Å². The van der Waals surface area contributed by atoms with Crippen LogP contribution in [0.25, 0.3) is 0 Å². The van der Waals surface area contributed by atoms with Gasteiger partial charge < -0.3 is 0 Å². The third kappa shape index (κ3) is 1.87. The van der Waals surface area contributed by atoms with Crippen LogP contribution in [0.5, 0.6) is 0 Å². The summed E-state index contributed by atoms with van der Waals surface area (Å²) < 4.78 is 2.00. The summed E-state index contributed by atoms with van der Waals surface area (Å²) in [6, 6.07) is 0.664. The second-order valence-electron chi connectivity index (χ2n) is 4.26. The van der Waals surface area contributed by atoms with Gasteiger partial charge in [-0.05, 0) is 18.8 Å². The molecule has 0 radical (unpaired) electrons. The molecule has 76 valence electrons. The van der Waals surface area contributed by atoms with Gasteiger partial charge in [0, 0.05) is 0 Å². The van der Waals surface area contributed by atoms with Crippen LogP contribution >= 0.6 is 0 Å². The Morgan fingerprint density at radius 3 is 2.31 bits per heavy atom. The second kappa shape index (κ2) is 4.12. The largest absolute Gasteiger partial charge is 0.184 e. The lowest BCUT2D eigenvalue weighted by Gasteiger charge is -2.20. The van der Waals surface area contributed by atoms with Crippen LogP contribution in [0.15, 0.2) is 0 Å². The number of hydrogen-bond donors (Lipinski definition) is 0. The predicted octanol–water partition coefficient (Wildman–Crippen LogP) is 2.00. The molecule has 0 spiro atoms. The Morgan fingerprint density at radius 2 is 2.00 bits per heavy atom. The quantitative estimate of drug-likeness (QED) is 0.479. The molecule has 0 amide bonds. The van der Waals surface area contributed by atoms with E-state index in [9.17, 15) is 0 Å². The van der Waals surface area contributed by atoms with Gasteiger partial charge in [0.1, 0.15) is 0 Å². The summed E-state index contributed by atoms with van der Waals surface area (Å²) in [5.41, 5.74) is 0. The molecule has 0 aromatic heterocycles. The third-order valence-corrected chi connectivity index (χ3v) is 3.55. The van der Waals surface area contributed by atoms with Crippen LogP contribution in [0.2, 0.25) is 0 Å². The van der Waals surface area contributed by atoms with Crippen molar-refractivity contribution in [2.24, 2.45) is 11.8 Å². The van der Waals surface area contributed by atoms with Crippen molar-refractivity contribution in [3.05, 3.63) is 0 Å². The van der Waals surface area contributed by atoms with Crippen molar-refractivity contribution in [3.63, 3.8) is 0 Å². The standard InChI is InChI=1S/C11H23N2/c1-6-10-8-13(12(4)5)9(3)11(10)7-2/h9-11H,4,6-8H2,1-3,5H3/q+1. The van der Waals surface area contributed by atoms with Crippen molar-refractivity contribution in [2.45, 2.75) is 39.7 Å². The van der Waals surface area contributed by atoms with Crippen molar-refractivity contribution < 1.29 is 4.68 Å². The maximum atomic E-state index is 3.97. The van der Waals surface area contributed by atoms with E-state index in [4.69, 9.17) is 0 Å². The normalized spacial score (nSPS) is 33.8. The molecular formula is C11H23N2+. The van der Waals surface area contributed by atoms with E-state index in [0.29, 0.717) is 6.04 Å². The zero-order valence-corrected chi connectivity index (χ0v) is 9.45. The smallest absolute Gasteiger partial charge is 0.161 e. The summed E-state index contributed by atoms with van der Waals surface area (Å²) in [5.74, 6) is 1.72. The van der Waals surface area contributed by atoms with Crippen LogP contribution in [-0.2, 0) is 0 Å². The van der Waals surface area contributed by atoms with Gasteiger partial charge in [-0.2, -0.15) is 5.01 Å².